The van der Waals surface area contributed by atoms with E-state index in [0.717, 1.165) is 11.3 Å². The average Bonchev–Trinajstić information content (AvgIpc) is 2.54. The van der Waals surface area contributed by atoms with E-state index in [1.165, 1.54) is 13.2 Å². The first kappa shape index (κ1) is 14.5. The second kappa shape index (κ2) is 5.77. The lowest BCUT2D eigenvalue weighted by atomic mass is 9.94. The quantitative estimate of drug-likeness (QED) is 0.912. The van der Waals surface area contributed by atoms with E-state index in [1.54, 1.807) is 13.2 Å². The Kier molecular flexibility index (Phi) is 3.81. The van der Waals surface area contributed by atoms with Gasteiger partial charge in [0.15, 0.2) is 0 Å². The molecule has 116 valence electrons. The van der Waals surface area contributed by atoms with Crippen LogP contribution in [-0.2, 0) is 0 Å². The number of rotatable bonds is 3. The maximum atomic E-state index is 10.3. The molecule has 0 aliphatic carbocycles. The second-order valence-electron chi connectivity index (χ2n) is 5.19. The van der Waals surface area contributed by atoms with Gasteiger partial charge in [-0.05, 0) is 17.7 Å². The molecule has 1 aliphatic heterocycles. The predicted octanol–water partition coefficient (Wildman–Crippen LogP) is 2.97. The highest BCUT2D eigenvalue weighted by Gasteiger charge is 2.31. The molecule has 0 aromatic heterocycles. The van der Waals surface area contributed by atoms with Crippen LogP contribution in [0.4, 0.5) is 0 Å². The van der Waals surface area contributed by atoms with Gasteiger partial charge in [-0.15, -0.1) is 0 Å². The van der Waals surface area contributed by atoms with Crippen molar-refractivity contribution in [2.45, 2.75) is 18.6 Å². The van der Waals surface area contributed by atoms with Crippen molar-refractivity contribution in [2.24, 2.45) is 0 Å². The zero-order chi connectivity index (χ0) is 15.7. The molecule has 0 radical (unpaired) electrons. The summed E-state index contributed by atoms with van der Waals surface area (Å²) >= 11 is 0. The Morgan fingerprint density at radius 2 is 1.73 bits per heavy atom. The van der Waals surface area contributed by atoms with E-state index in [4.69, 9.17) is 14.2 Å². The molecule has 1 aliphatic rings. The van der Waals surface area contributed by atoms with Gasteiger partial charge in [-0.3, -0.25) is 0 Å². The molecule has 0 amide bonds. The fraction of sp³-hybridized carbons (Fsp3) is 0.294. The second-order valence-corrected chi connectivity index (χ2v) is 5.19. The van der Waals surface area contributed by atoms with Crippen LogP contribution in [0.15, 0.2) is 36.4 Å². The van der Waals surface area contributed by atoms with Crippen molar-refractivity contribution in [2.75, 3.05) is 14.2 Å². The van der Waals surface area contributed by atoms with E-state index >= 15 is 0 Å². The molecule has 5 nitrogen and oxygen atoms in total. The normalized spacial score (nSPS) is 20.0. The number of hydrogen-bond acceptors (Lipinski definition) is 5. The summed E-state index contributed by atoms with van der Waals surface area (Å²) in [6, 6.07) is 10.7. The third-order valence-electron chi connectivity index (χ3n) is 3.86. The largest absolute Gasteiger partial charge is 0.507 e. The van der Waals surface area contributed by atoms with Gasteiger partial charge in [0.2, 0.25) is 0 Å². The van der Waals surface area contributed by atoms with Crippen LogP contribution in [0.25, 0.3) is 0 Å². The zero-order valence-corrected chi connectivity index (χ0v) is 12.4. The van der Waals surface area contributed by atoms with Crippen LogP contribution in [-0.4, -0.2) is 24.4 Å². The number of aliphatic hydroxyl groups is 1. The number of fused-ring (bicyclic) bond motifs is 1. The summed E-state index contributed by atoms with van der Waals surface area (Å²) in [5, 5.41) is 20.4. The first-order valence-electron chi connectivity index (χ1n) is 7.02. The maximum absolute atomic E-state index is 10.3. The van der Waals surface area contributed by atoms with Crippen LogP contribution in [0.3, 0.4) is 0 Å². The van der Waals surface area contributed by atoms with E-state index in [2.05, 4.69) is 0 Å². The summed E-state index contributed by atoms with van der Waals surface area (Å²) in [7, 11) is 3.13. The molecule has 0 spiro atoms. The molecular formula is C17H18O5. The van der Waals surface area contributed by atoms with Crippen LogP contribution in [0.5, 0.6) is 23.0 Å². The number of phenols is 1. The van der Waals surface area contributed by atoms with Gasteiger partial charge in [-0.1, -0.05) is 12.1 Å². The van der Waals surface area contributed by atoms with Crippen molar-refractivity contribution in [1.29, 1.82) is 0 Å². The highest BCUT2D eigenvalue weighted by atomic mass is 16.5. The minimum Gasteiger partial charge on any atom is -0.507 e. The van der Waals surface area contributed by atoms with Gasteiger partial charge in [0.1, 0.15) is 29.1 Å². The van der Waals surface area contributed by atoms with E-state index in [0.29, 0.717) is 23.5 Å². The molecule has 0 saturated carbocycles. The summed E-state index contributed by atoms with van der Waals surface area (Å²) in [5.41, 5.74) is 1.35. The van der Waals surface area contributed by atoms with Gasteiger partial charge < -0.3 is 24.4 Å². The lowest BCUT2D eigenvalue weighted by Crippen LogP contribution is -2.19. The van der Waals surface area contributed by atoms with E-state index in [1.807, 2.05) is 24.3 Å². The molecule has 0 unspecified atom stereocenters. The third kappa shape index (κ3) is 2.55. The monoisotopic (exact) mass is 302 g/mol. The summed E-state index contributed by atoms with van der Waals surface area (Å²) in [6.45, 7) is 0. The number of phenolic OH excluding ortho intramolecular Hbond substituents is 1. The molecule has 0 saturated heterocycles. The Balaban J connectivity index is 1.93. The van der Waals surface area contributed by atoms with E-state index in [-0.39, 0.29) is 11.9 Å². The average molecular weight is 302 g/mol. The van der Waals surface area contributed by atoms with Gasteiger partial charge in [0, 0.05) is 18.6 Å². The lowest BCUT2D eigenvalue weighted by Gasteiger charge is -2.30. The first-order valence-corrected chi connectivity index (χ1v) is 7.02. The zero-order valence-electron chi connectivity index (χ0n) is 12.4. The van der Waals surface area contributed by atoms with Crippen molar-refractivity contribution in [1.82, 2.24) is 0 Å². The molecule has 0 fully saturated rings. The molecule has 2 N–H and O–H groups in total. The number of aromatic hydroxyl groups is 1. The number of hydrogen-bond donors (Lipinski definition) is 2. The van der Waals surface area contributed by atoms with Crippen LogP contribution in [0.2, 0.25) is 0 Å². The van der Waals surface area contributed by atoms with Crippen LogP contribution >= 0.6 is 0 Å². The van der Waals surface area contributed by atoms with Gasteiger partial charge in [0.05, 0.1) is 25.9 Å². The molecule has 5 heteroatoms. The van der Waals surface area contributed by atoms with Crippen LogP contribution in [0.1, 0.15) is 29.8 Å². The molecule has 2 aromatic rings. The van der Waals surface area contributed by atoms with Crippen molar-refractivity contribution >= 4 is 0 Å². The number of ether oxygens (including phenoxy) is 3. The maximum Gasteiger partial charge on any atom is 0.133 e. The smallest absolute Gasteiger partial charge is 0.133 e. The number of aliphatic hydroxyl groups excluding tert-OH is 1. The van der Waals surface area contributed by atoms with Crippen molar-refractivity contribution < 1.29 is 24.4 Å². The summed E-state index contributed by atoms with van der Waals surface area (Å²) in [6.07, 6.45) is -0.708. The van der Waals surface area contributed by atoms with Gasteiger partial charge in [-0.2, -0.15) is 0 Å². The summed E-state index contributed by atoms with van der Waals surface area (Å²) in [4.78, 5) is 0. The van der Waals surface area contributed by atoms with Crippen LogP contribution < -0.4 is 14.2 Å². The van der Waals surface area contributed by atoms with Gasteiger partial charge >= 0.3 is 0 Å². The topological polar surface area (TPSA) is 68.2 Å². The van der Waals surface area contributed by atoms with E-state index in [9.17, 15) is 10.2 Å². The number of benzene rings is 2. The molecule has 2 aromatic carbocycles. The van der Waals surface area contributed by atoms with Crippen LogP contribution in [0, 0.1) is 0 Å². The minimum atomic E-state index is -0.790. The molecule has 3 rings (SSSR count). The summed E-state index contributed by atoms with van der Waals surface area (Å²) in [5.74, 6) is 1.67. The SMILES string of the molecule is COc1ccc([C@@H]2C[C@@H](O)c3c(O)cc(OC)cc3O2)cc1. The standard InChI is InChI=1S/C17H18O5/c1-20-11-5-3-10(4-6-11)15-9-14(19)17-13(18)7-12(21-2)8-16(17)22-15/h3-8,14-15,18-19H,9H2,1-2H3/t14-,15+/m1/s1. The molecular weight excluding hydrogens is 284 g/mol. The highest BCUT2D eigenvalue weighted by molar-refractivity contribution is 5.52. The molecule has 1 heterocycles. The predicted molar refractivity (Wildman–Crippen MR) is 80.6 cm³/mol. The Bertz CT molecular complexity index is 665. The fourth-order valence-electron chi connectivity index (χ4n) is 2.68. The summed E-state index contributed by atoms with van der Waals surface area (Å²) < 4.78 is 16.2. The fourth-order valence-corrected chi connectivity index (χ4v) is 2.68. The minimum absolute atomic E-state index is 0.0185. The Labute approximate surface area is 128 Å². The Morgan fingerprint density at radius 3 is 2.36 bits per heavy atom. The first-order chi connectivity index (χ1) is 10.6. The molecule has 2 atom stereocenters. The Hall–Kier alpha value is -2.40. The third-order valence-corrected chi connectivity index (χ3v) is 3.86. The van der Waals surface area contributed by atoms with Crippen molar-refractivity contribution in [3.8, 4) is 23.0 Å². The van der Waals surface area contributed by atoms with Crippen molar-refractivity contribution in [3.63, 3.8) is 0 Å². The van der Waals surface area contributed by atoms with Gasteiger partial charge in [0.25, 0.3) is 0 Å². The molecule has 0 bridgehead atoms. The lowest BCUT2D eigenvalue weighted by molar-refractivity contribution is 0.0631. The molecule has 22 heavy (non-hydrogen) atoms. The highest BCUT2D eigenvalue weighted by Crippen LogP contribution is 2.46. The van der Waals surface area contributed by atoms with E-state index < -0.39 is 6.10 Å². The Morgan fingerprint density at radius 1 is 1.05 bits per heavy atom. The van der Waals surface area contributed by atoms with Gasteiger partial charge in [-0.25, -0.2) is 0 Å². The number of methoxy groups -OCH3 is 2. The van der Waals surface area contributed by atoms with Crippen molar-refractivity contribution in [3.05, 3.63) is 47.5 Å².